The highest BCUT2D eigenvalue weighted by atomic mass is 16.5. The summed E-state index contributed by atoms with van der Waals surface area (Å²) in [6.07, 6.45) is 2.24. The number of esters is 1. The maximum absolute atomic E-state index is 12.1. The lowest BCUT2D eigenvalue weighted by atomic mass is 10.2. The predicted octanol–water partition coefficient (Wildman–Crippen LogP) is 1.61. The molecular formula is C12H17NO4. The smallest absolute Gasteiger partial charge is 0.325 e. The van der Waals surface area contributed by atoms with E-state index in [4.69, 9.17) is 4.42 Å². The molecule has 1 aromatic heterocycles. The first-order chi connectivity index (χ1) is 8.10. The quantitative estimate of drug-likeness (QED) is 0.732. The van der Waals surface area contributed by atoms with Crippen LogP contribution >= 0.6 is 0 Å². The lowest BCUT2D eigenvalue weighted by molar-refractivity contribution is -0.141. The van der Waals surface area contributed by atoms with Gasteiger partial charge in [-0.2, -0.15) is 0 Å². The molecule has 0 saturated carbocycles. The van der Waals surface area contributed by atoms with E-state index in [9.17, 15) is 9.59 Å². The van der Waals surface area contributed by atoms with Crippen molar-refractivity contribution >= 4 is 11.9 Å². The van der Waals surface area contributed by atoms with Gasteiger partial charge in [-0.25, -0.2) is 0 Å². The molecule has 1 amide bonds. The molecule has 17 heavy (non-hydrogen) atoms. The van der Waals surface area contributed by atoms with E-state index < -0.39 is 5.97 Å². The summed E-state index contributed by atoms with van der Waals surface area (Å²) >= 11 is 0. The number of aryl methyl sites for hydroxylation is 1. The fourth-order valence-corrected chi connectivity index (χ4v) is 1.52. The number of amides is 1. The van der Waals surface area contributed by atoms with Crippen LogP contribution in [0.1, 0.15) is 29.5 Å². The summed E-state index contributed by atoms with van der Waals surface area (Å²) in [5.41, 5.74) is 0.488. The number of carbonyl (C=O) groups excluding carboxylic acids is 2. The third kappa shape index (κ3) is 3.34. The van der Waals surface area contributed by atoms with Crippen LogP contribution in [0.25, 0.3) is 0 Å². The molecule has 0 aliphatic rings. The van der Waals surface area contributed by atoms with Crippen molar-refractivity contribution in [3.63, 3.8) is 0 Å². The van der Waals surface area contributed by atoms with Gasteiger partial charge in [0.2, 0.25) is 0 Å². The maximum Gasteiger partial charge on any atom is 0.325 e. The van der Waals surface area contributed by atoms with Gasteiger partial charge < -0.3 is 14.1 Å². The molecule has 5 nitrogen and oxygen atoms in total. The van der Waals surface area contributed by atoms with Gasteiger partial charge in [-0.1, -0.05) is 6.92 Å². The van der Waals surface area contributed by atoms with Gasteiger partial charge in [0.05, 0.1) is 18.9 Å². The molecule has 0 saturated heterocycles. The number of furan rings is 1. The molecule has 1 aromatic rings. The molecule has 1 heterocycles. The van der Waals surface area contributed by atoms with Gasteiger partial charge in [-0.15, -0.1) is 0 Å². The van der Waals surface area contributed by atoms with Crippen molar-refractivity contribution in [1.82, 2.24) is 4.90 Å². The molecule has 0 radical (unpaired) electrons. The second-order valence-corrected chi connectivity index (χ2v) is 3.69. The summed E-state index contributed by atoms with van der Waals surface area (Å²) in [5.74, 6) is -0.0718. The minimum Gasteiger partial charge on any atom is -0.469 e. The van der Waals surface area contributed by atoms with Gasteiger partial charge in [-0.05, 0) is 19.4 Å². The van der Waals surface area contributed by atoms with Crippen molar-refractivity contribution in [3.8, 4) is 0 Å². The van der Waals surface area contributed by atoms with E-state index in [2.05, 4.69) is 4.74 Å². The Morgan fingerprint density at radius 3 is 2.65 bits per heavy atom. The van der Waals surface area contributed by atoms with Crippen molar-refractivity contribution in [2.24, 2.45) is 0 Å². The van der Waals surface area contributed by atoms with Crippen LogP contribution in [0.3, 0.4) is 0 Å². The Labute approximate surface area is 100 Å². The van der Waals surface area contributed by atoms with Crippen molar-refractivity contribution in [1.29, 1.82) is 0 Å². The number of methoxy groups -OCH3 is 1. The van der Waals surface area contributed by atoms with E-state index in [-0.39, 0.29) is 12.5 Å². The zero-order chi connectivity index (χ0) is 12.8. The molecule has 0 bridgehead atoms. The molecule has 0 unspecified atom stereocenters. The van der Waals surface area contributed by atoms with Crippen molar-refractivity contribution in [3.05, 3.63) is 23.7 Å². The summed E-state index contributed by atoms with van der Waals surface area (Å²) in [5, 5.41) is 0. The van der Waals surface area contributed by atoms with Gasteiger partial charge >= 0.3 is 5.97 Å². The first kappa shape index (κ1) is 13.3. The summed E-state index contributed by atoms with van der Waals surface area (Å²) < 4.78 is 9.65. The lowest BCUT2D eigenvalue weighted by Gasteiger charge is -2.20. The number of carbonyl (C=O) groups is 2. The van der Waals surface area contributed by atoms with Crippen LogP contribution in [-0.2, 0) is 9.53 Å². The maximum atomic E-state index is 12.1. The SMILES string of the molecule is CCCN(CC(=O)OC)C(=O)c1ccoc1C. The average Bonchev–Trinajstić information content (AvgIpc) is 2.73. The van der Waals surface area contributed by atoms with Crippen LogP contribution in [0, 0.1) is 6.92 Å². The van der Waals surface area contributed by atoms with E-state index in [0.29, 0.717) is 17.9 Å². The van der Waals surface area contributed by atoms with E-state index in [0.717, 1.165) is 6.42 Å². The summed E-state index contributed by atoms with van der Waals surface area (Å²) in [6.45, 7) is 4.14. The molecule has 0 fully saturated rings. The Bertz CT molecular complexity index is 397. The Morgan fingerprint density at radius 2 is 2.18 bits per heavy atom. The minimum absolute atomic E-state index is 0.0339. The molecule has 0 aromatic carbocycles. The zero-order valence-corrected chi connectivity index (χ0v) is 10.4. The minimum atomic E-state index is -0.423. The van der Waals surface area contributed by atoms with Gasteiger partial charge in [-0.3, -0.25) is 9.59 Å². The zero-order valence-electron chi connectivity index (χ0n) is 10.4. The number of nitrogens with zero attached hydrogens (tertiary/aromatic N) is 1. The molecule has 0 atom stereocenters. The van der Waals surface area contributed by atoms with Crippen LogP contribution < -0.4 is 0 Å². The highest BCUT2D eigenvalue weighted by molar-refractivity contribution is 5.96. The number of hydrogen-bond acceptors (Lipinski definition) is 4. The average molecular weight is 239 g/mol. The third-order valence-electron chi connectivity index (χ3n) is 2.42. The molecule has 0 spiro atoms. The highest BCUT2D eigenvalue weighted by Gasteiger charge is 2.21. The van der Waals surface area contributed by atoms with Gasteiger partial charge in [0.15, 0.2) is 0 Å². The van der Waals surface area contributed by atoms with E-state index in [1.807, 2.05) is 6.92 Å². The largest absolute Gasteiger partial charge is 0.469 e. The van der Waals surface area contributed by atoms with Crippen LogP contribution in [0.2, 0.25) is 0 Å². The number of ether oxygens (including phenoxy) is 1. The Balaban J connectivity index is 2.80. The molecule has 94 valence electrons. The summed E-state index contributed by atoms with van der Waals surface area (Å²) in [6, 6.07) is 1.61. The standard InChI is InChI=1S/C12H17NO4/c1-4-6-13(8-11(14)16-3)12(15)10-5-7-17-9(10)2/h5,7H,4,6,8H2,1-3H3. The van der Waals surface area contributed by atoms with Crippen LogP contribution in [-0.4, -0.2) is 37.0 Å². The molecular weight excluding hydrogens is 222 g/mol. The second-order valence-electron chi connectivity index (χ2n) is 3.69. The predicted molar refractivity (Wildman–Crippen MR) is 61.7 cm³/mol. The summed E-state index contributed by atoms with van der Waals surface area (Å²) in [4.78, 5) is 24.8. The van der Waals surface area contributed by atoms with Gasteiger partial charge in [0.25, 0.3) is 5.91 Å². The third-order valence-corrected chi connectivity index (χ3v) is 2.42. The molecule has 0 aliphatic carbocycles. The van der Waals surface area contributed by atoms with Gasteiger partial charge in [0, 0.05) is 6.54 Å². The number of rotatable bonds is 5. The fraction of sp³-hybridized carbons (Fsp3) is 0.500. The molecule has 1 rings (SSSR count). The second kappa shape index (κ2) is 6.08. The van der Waals surface area contributed by atoms with Gasteiger partial charge in [0.1, 0.15) is 12.3 Å². The van der Waals surface area contributed by atoms with Crippen LogP contribution in [0.5, 0.6) is 0 Å². The summed E-state index contributed by atoms with van der Waals surface area (Å²) in [7, 11) is 1.31. The fourth-order valence-electron chi connectivity index (χ4n) is 1.52. The van der Waals surface area contributed by atoms with Crippen LogP contribution in [0.15, 0.2) is 16.7 Å². The highest BCUT2D eigenvalue weighted by Crippen LogP contribution is 2.12. The first-order valence-electron chi connectivity index (χ1n) is 5.50. The van der Waals surface area contributed by atoms with Crippen LogP contribution in [0.4, 0.5) is 0 Å². The topological polar surface area (TPSA) is 59.8 Å². The van der Waals surface area contributed by atoms with Crippen molar-refractivity contribution < 1.29 is 18.7 Å². The molecule has 0 N–H and O–H groups in total. The Kier molecular flexibility index (Phi) is 4.75. The Hall–Kier alpha value is -1.78. The monoisotopic (exact) mass is 239 g/mol. The van der Waals surface area contributed by atoms with E-state index in [1.165, 1.54) is 18.3 Å². The number of hydrogen-bond donors (Lipinski definition) is 0. The Morgan fingerprint density at radius 1 is 1.47 bits per heavy atom. The first-order valence-corrected chi connectivity index (χ1v) is 5.50. The van der Waals surface area contributed by atoms with Crippen molar-refractivity contribution in [2.45, 2.75) is 20.3 Å². The molecule has 0 aliphatic heterocycles. The van der Waals surface area contributed by atoms with E-state index in [1.54, 1.807) is 13.0 Å². The molecule has 5 heteroatoms. The van der Waals surface area contributed by atoms with E-state index >= 15 is 0 Å². The lowest BCUT2D eigenvalue weighted by Crippen LogP contribution is -2.36. The normalized spacial score (nSPS) is 10.1. The van der Waals surface area contributed by atoms with Crippen molar-refractivity contribution in [2.75, 3.05) is 20.2 Å².